The van der Waals surface area contributed by atoms with Gasteiger partial charge in [0.2, 0.25) is 0 Å². The second-order valence-corrected chi connectivity index (χ2v) is 13.3. The van der Waals surface area contributed by atoms with Crippen LogP contribution < -0.4 is 21.1 Å². The molecule has 1 fully saturated rings. The first-order valence-electron chi connectivity index (χ1n) is 11.8. The van der Waals surface area contributed by atoms with Gasteiger partial charge in [-0.05, 0) is 43.2 Å². The maximum Gasteiger partial charge on any atom is 0.330 e. The monoisotopic (exact) mass is 571 g/mol. The summed E-state index contributed by atoms with van der Waals surface area (Å²) in [5.41, 5.74) is -3.27. The Hall–Kier alpha value is -2.51. The molecule has 2 aromatic rings. The minimum atomic E-state index is -3.72. The molecule has 12 nitrogen and oxygen atoms in total. The summed E-state index contributed by atoms with van der Waals surface area (Å²) in [5.74, 6) is 0.605. The van der Waals surface area contributed by atoms with Crippen molar-refractivity contribution < 1.29 is 33.8 Å². The number of nitrogens with one attached hydrogen (secondary N) is 2. The molecule has 0 amide bonds. The van der Waals surface area contributed by atoms with E-state index < -0.39 is 48.5 Å². The van der Waals surface area contributed by atoms with Gasteiger partial charge in [0.05, 0.1) is 18.9 Å². The van der Waals surface area contributed by atoms with Crippen LogP contribution in [0, 0.1) is 5.41 Å². The molecule has 210 valence electrons. The van der Waals surface area contributed by atoms with Crippen LogP contribution in [0.4, 0.5) is 0 Å². The average molecular weight is 572 g/mol. The first-order chi connectivity index (χ1) is 17.6. The summed E-state index contributed by atoms with van der Waals surface area (Å²) in [5, 5.41) is 24.2. The Labute approximate surface area is 225 Å². The second kappa shape index (κ2) is 11.7. The van der Waals surface area contributed by atoms with Gasteiger partial charge in [0, 0.05) is 12.3 Å². The van der Waals surface area contributed by atoms with Crippen LogP contribution in [0.1, 0.15) is 40.8 Å². The quantitative estimate of drug-likeness (QED) is 0.208. The van der Waals surface area contributed by atoms with E-state index in [9.17, 15) is 24.7 Å². The van der Waals surface area contributed by atoms with Crippen molar-refractivity contribution in [3.63, 3.8) is 0 Å². The zero-order chi connectivity index (χ0) is 28.3. The Morgan fingerprint density at radius 1 is 1.26 bits per heavy atom. The fourth-order valence-electron chi connectivity index (χ4n) is 3.55. The van der Waals surface area contributed by atoms with Crippen molar-refractivity contribution in [2.24, 2.45) is 5.41 Å². The van der Waals surface area contributed by atoms with Crippen LogP contribution in [0.15, 0.2) is 63.8 Å². The Bertz CT molecular complexity index is 1300. The van der Waals surface area contributed by atoms with Crippen molar-refractivity contribution in [3.05, 3.63) is 75.1 Å². The molecule has 3 rings (SSSR count). The first-order valence-corrected chi connectivity index (χ1v) is 14.5. The van der Waals surface area contributed by atoms with Gasteiger partial charge < -0.3 is 38.9 Å². The summed E-state index contributed by atoms with van der Waals surface area (Å²) in [6, 6.07) is 10.0. The number of nitrogens with zero attached hydrogens (tertiary/aromatic N) is 1. The lowest BCUT2D eigenvalue weighted by atomic mass is 9.96. The predicted molar refractivity (Wildman–Crippen MR) is 143 cm³/mol. The molecule has 0 radical (unpaired) electrons. The number of rotatable bonds is 10. The molecule has 1 aromatic heterocycles. The lowest BCUT2D eigenvalue weighted by Gasteiger charge is -2.27. The van der Waals surface area contributed by atoms with Gasteiger partial charge in [0.25, 0.3) is 12.2 Å². The van der Waals surface area contributed by atoms with E-state index in [4.69, 9.17) is 30.5 Å². The number of aliphatic hydroxyl groups is 2. The topological polar surface area (TPSA) is 164 Å². The molecule has 2 heterocycles. The van der Waals surface area contributed by atoms with E-state index >= 15 is 0 Å². The summed E-state index contributed by atoms with van der Waals surface area (Å²) in [6.07, 6.45) is -2.86. The molecule has 1 aromatic carbocycles. The maximum absolute atomic E-state index is 12.2. The molecule has 14 heteroatoms. The Balaban J connectivity index is 1.73. The Kier molecular flexibility index (Phi) is 9.25. The third-order valence-electron chi connectivity index (χ3n) is 5.48. The lowest BCUT2D eigenvalue weighted by Crippen LogP contribution is -2.46. The highest BCUT2D eigenvalue weighted by molar-refractivity contribution is 8.08. The molecule has 0 spiro atoms. The van der Waals surface area contributed by atoms with Gasteiger partial charge in [0.15, 0.2) is 6.23 Å². The molecule has 0 aliphatic carbocycles. The molecule has 5 atom stereocenters. The molecular formula is C24H34N3O9PS. The van der Waals surface area contributed by atoms with Crippen molar-refractivity contribution in [2.45, 2.75) is 58.7 Å². The van der Waals surface area contributed by atoms with E-state index in [1.807, 2.05) is 26.8 Å². The van der Waals surface area contributed by atoms with Gasteiger partial charge in [-0.3, -0.25) is 14.3 Å². The van der Waals surface area contributed by atoms with Gasteiger partial charge in [-0.25, -0.2) is 4.79 Å². The van der Waals surface area contributed by atoms with Crippen LogP contribution in [-0.4, -0.2) is 55.7 Å². The number of hydrogen-bond acceptors (Lipinski definition) is 9. The zero-order valence-electron chi connectivity index (χ0n) is 21.8. The SMILES string of the molecule is CC(NP(O)(=S)OC[C@H]1O[C@@H](n2ccc(=O)[nH]c2=O)[C@](C)(O)[C@@H]1O)=C(OCC(C)(C)C)Oc1ccccc1. The predicted octanol–water partition coefficient (Wildman–Crippen LogP) is 1.70. The molecular weight excluding hydrogens is 537 g/mol. The van der Waals surface area contributed by atoms with Gasteiger partial charge in [-0.15, -0.1) is 0 Å². The van der Waals surface area contributed by atoms with Crippen molar-refractivity contribution >= 4 is 18.4 Å². The van der Waals surface area contributed by atoms with Crippen molar-refractivity contribution in [2.75, 3.05) is 13.2 Å². The second-order valence-electron chi connectivity index (χ2n) is 10.3. The van der Waals surface area contributed by atoms with E-state index in [-0.39, 0.29) is 17.1 Å². The van der Waals surface area contributed by atoms with Crippen LogP contribution in [0.2, 0.25) is 0 Å². The van der Waals surface area contributed by atoms with Crippen molar-refractivity contribution in [3.8, 4) is 5.75 Å². The summed E-state index contributed by atoms with van der Waals surface area (Å²) in [6.45, 7) is 5.03. The molecule has 1 aliphatic rings. The van der Waals surface area contributed by atoms with E-state index in [0.29, 0.717) is 12.4 Å². The van der Waals surface area contributed by atoms with Crippen LogP contribution in [-0.2, 0) is 25.8 Å². The number of aromatic nitrogens is 2. The van der Waals surface area contributed by atoms with E-state index in [1.165, 1.54) is 6.92 Å². The van der Waals surface area contributed by atoms with E-state index in [1.54, 1.807) is 31.2 Å². The van der Waals surface area contributed by atoms with E-state index in [0.717, 1.165) is 16.8 Å². The number of ether oxygens (including phenoxy) is 3. The third kappa shape index (κ3) is 7.76. The fourth-order valence-corrected chi connectivity index (χ4v) is 5.07. The van der Waals surface area contributed by atoms with Crippen molar-refractivity contribution in [1.29, 1.82) is 0 Å². The van der Waals surface area contributed by atoms with Gasteiger partial charge >= 0.3 is 11.6 Å². The first kappa shape index (κ1) is 30.0. The summed E-state index contributed by atoms with van der Waals surface area (Å²) in [4.78, 5) is 36.5. The van der Waals surface area contributed by atoms with Crippen molar-refractivity contribution in [1.82, 2.24) is 14.6 Å². The van der Waals surface area contributed by atoms with Crippen LogP contribution in [0.5, 0.6) is 5.75 Å². The summed E-state index contributed by atoms with van der Waals surface area (Å²) in [7, 11) is 0. The molecule has 0 saturated carbocycles. The number of aliphatic hydroxyl groups excluding tert-OH is 1. The molecule has 0 bridgehead atoms. The summed E-state index contributed by atoms with van der Waals surface area (Å²) >= 11 is 5.24. The maximum atomic E-state index is 12.2. The largest absolute Gasteiger partial charge is 0.463 e. The van der Waals surface area contributed by atoms with Crippen LogP contribution in [0.25, 0.3) is 0 Å². The van der Waals surface area contributed by atoms with Gasteiger partial charge in [-0.2, -0.15) is 0 Å². The number of H-pyrrole nitrogens is 1. The van der Waals surface area contributed by atoms with Gasteiger partial charge in [-0.1, -0.05) is 39.0 Å². The smallest absolute Gasteiger partial charge is 0.330 e. The Morgan fingerprint density at radius 2 is 1.92 bits per heavy atom. The van der Waals surface area contributed by atoms with Crippen LogP contribution >= 0.6 is 6.64 Å². The highest BCUT2D eigenvalue weighted by Crippen LogP contribution is 2.43. The highest BCUT2D eigenvalue weighted by atomic mass is 32.5. The molecule has 1 saturated heterocycles. The van der Waals surface area contributed by atoms with Crippen LogP contribution in [0.3, 0.4) is 0 Å². The highest BCUT2D eigenvalue weighted by Gasteiger charge is 2.53. The van der Waals surface area contributed by atoms with E-state index in [2.05, 4.69) is 10.1 Å². The Morgan fingerprint density at radius 3 is 2.53 bits per heavy atom. The minimum Gasteiger partial charge on any atom is -0.463 e. The number of allylic oxidation sites excluding steroid dienone is 1. The number of hydrogen-bond donors (Lipinski definition) is 5. The number of aromatic amines is 1. The number of para-hydroxylation sites is 1. The zero-order valence-corrected chi connectivity index (χ0v) is 23.5. The number of benzene rings is 1. The lowest BCUT2D eigenvalue weighted by molar-refractivity contribution is -0.0984. The summed E-state index contributed by atoms with van der Waals surface area (Å²) < 4.78 is 23.9. The minimum absolute atomic E-state index is 0.0931. The fraction of sp³-hybridized carbons (Fsp3) is 0.500. The van der Waals surface area contributed by atoms with Gasteiger partial charge in [0.1, 0.15) is 23.6 Å². The molecule has 38 heavy (non-hydrogen) atoms. The molecule has 5 N–H and O–H groups in total. The third-order valence-corrected chi connectivity index (χ3v) is 7.18. The average Bonchev–Trinajstić information content (AvgIpc) is 3.03. The standard InChI is InChI=1S/C24H34N3O9PS/c1-15(20(33-14-23(2,3)4)35-16-9-7-6-8-10-16)26-37(32,38)34-13-17-19(29)24(5,31)21(36-17)27-12-11-18(28)25-22(27)30/h6-12,17,19,21,29,31H,13-14H2,1-5H3,(H,25,28,30)(H2,26,32,38)/t17-,19-,21-,24-,37?/m1/s1. The molecule has 1 unspecified atom stereocenters. The normalized spacial score (nSPS) is 25.8. The molecule has 1 aliphatic heterocycles.